The number of amidine groups is 1. The van der Waals surface area contributed by atoms with Crippen molar-refractivity contribution in [1.82, 2.24) is 4.90 Å². The number of carbonyl (C=O) groups is 1. The van der Waals surface area contributed by atoms with Crippen molar-refractivity contribution in [1.29, 1.82) is 0 Å². The third-order valence-corrected chi connectivity index (χ3v) is 5.14. The van der Waals surface area contributed by atoms with Crippen LogP contribution >= 0.6 is 11.8 Å². The number of hydrogen-bond donors (Lipinski definition) is 0. The van der Waals surface area contributed by atoms with E-state index in [0.717, 1.165) is 23.9 Å². The van der Waals surface area contributed by atoms with Gasteiger partial charge in [0.25, 0.3) is 5.91 Å². The fourth-order valence-electron chi connectivity index (χ4n) is 2.79. The molecule has 1 heterocycles. The van der Waals surface area contributed by atoms with E-state index in [1.54, 1.807) is 32.2 Å². The third kappa shape index (κ3) is 4.42. The number of thioether (sulfide) groups is 1. The van der Waals surface area contributed by atoms with E-state index in [9.17, 15) is 13.6 Å². The Morgan fingerprint density at radius 1 is 1.21 bits per heavy atom. The van der Waals surface area contributed by atoms with Gasteiger partial charge in [0.2, 0.25) is 0 Å². The summed E-state index contributed by atoms with van der Waals surface area (Å²) in [5.74, 6) is -0.617. The van der Waals surface area contributed by atoms with Gasteiger partial charge in [0.05, 0.1) is 18.6 Å². The molecule has 0 saturated carbocycles. The molecule has 0 unspecified atom stereocenters. The number of methoxy groups -OCH3 is 1. The van der Waals surface area contributed by atoms with Crippen LogP contribution in [-0.2, 0) is 4.79 Å². The van der Waals surface area contributed by atoms with Crippen molar-refractivity contribution in [3.05, 3.63) is 58.5 Å². The zero-order valence-electron chi connectivity index (χ0n) is 16.2. The normalized spacial score (nSPS) is 16.7. The first kappa shape index (κ1) is 20.9. The first-order valence-electron chi connectivity index (χ1n) is 9.03. The van der Waals surface area contributed by atoms with Crippen LogP contribution in [0, 0.1) is 11.6 Å². The Balaban J connectivity index is 2.00. The number of likely N-dealkylation sites (N-methyl/N-ethyl adjacent to an activating group) is 1. The predicted octanol–water partition coefficient (Wildman–Crippen LogP) is 5.00. The Hall–Kier alpha value is -2.87. The van der Waals surface area contributed by atoms with Crippen molar-refractivity contribution in [3.63, 3.8) is 0 Å². The van der Waals surface area contributed by atoms with E-state index in [1.165, 1.54) is 11.0 Å². The highest BCUT2D eigenvalue weighted by molar-refractivity contribution is 8.18. The van der Waals surface area contributed by atoms with E-state index in [4.69, 9.17) is 9.47 Å². The van der Waals surface area contributed by atoms with Crippen LogP contribution in [0.15, 0.2) is 46.3 Å². The fourth-order valence-corrected chi connectivity index (χ4v) is 3.84. The Bertz CT molecular complexity index is 992. The SMILES string of the molecule is CCOc1c(/C=C2/SC(=Nc3ccc(F)cc3F)N(CC)C2=O)cccc1OC. The summed E-state index contributed by atoms with van der Waals surface area (Å²) in [6, 6.07) is 8.53. The highest BCUT2D eigenvalue weighted by atomic mass is 32.2. The molecule has 29 heavy (non-hydrogen) atoms. The van der Waals surface area contributed by atoms with Crippen LogP contribution < -0.4 is 9.47 Å². The van der Waals surface area contributed by atoms with Crippen LogP contribution in [-0.4, -0.2) is 36.2 Å². The average molecular weight is 418 g/mol. The molecule has 152 valence electrons. The lowest BCUT2D eigenvalue weighted by atomic mass is 10.1. The van der Waals surface area contributed by atoms with Crippen molar-refractivity contribution in [2.45, 2.75) is 13.8 Å². The molecule has 0 aliphatic carbocycles. The van der Waals surface area contributed by atoms with Gasteiger partial charge in [-0.25, -0.2) is 13.8 Å². The molecule has 8 heteroatoms. The summed E-state index contributed by atoms with van der Waals surface area (Å²) in [5.41, 5.74) is 0.658. The van der Waals surface area contributed by atoms with E-state index in [2.05, 4.69) is 4.99 Å². The molecule has 0 bridgehead atoms. The predicted molar refractivity (Wildman–Crippen MR) is 111 cm³/mol. The standard InChI is InChI=1S/C21H20F2N2O3S/c1-4-25-20(26)18(11-13-7-6-8-17(27-3)19(13)28-5-2)29-21(25)24-16-10-9-14(22)12-15(16)23/h6-12H,4-5H2,1-3H3/b18-11+,24-21?. The number of carbonyl (C=O) groups excluding carboxylic acids is 1. The summed E-state index contributed by atoms with van der Waals surface area (Å²) in [6.07, 6.45) is 1.70. The third-order valence-electron chi connectivity index (χ3n) is 4.13. The lowest BCUT2D eigenvalue weighted by molar-refractivity contribution is -0.122. The van der Waals surface area contributed by atoms with Gasteiger partial charge in [0.15, 0.2) is 22.5 Å². The number of amides is 1. The molecular formula is C21H20F2N2O3S. The minimum Gasteiger partial charge on any atom is -0.493 e. The van der Waals surface area contributed by atoms with Gasteiger partial charge < -0.3 is 9.47 Å². The molecule has 1 saturated heterocycles. The van der Waals surface area contributed by atoms with Gasteiger partial charge in [-0.05, 0) is 49.9 Å². The first-order valence-corrected chi connectivity index (χ1v) is 9.85. The van der Waals surface area contributed by atoms with Crippen molar-refractivity contribution in [2.24, 2.45) is 4.99 Å². The van der Waals surface area contributed by atoms with E-state index >= 15 is 0 Å². The molecule has 0 atom stereocenters. The molecule has 0 radical (unpaired) electrons. The van der Waals surface area contributed by atoms with Crippen molar-refractivity contribution >= 4 is 34.6 Å². The lowest BCUT2D eigenvalue weighted by Crippen LogP contribution is -2.28. The molecule has 2 aromatic rings. The smallest absolute Gasteiger partial charge is 0.266 e. The van der Waals surface area contributed by atoms with E-state index in [1.807, 2.05) is 13.0 Å². The van der Waals surface area contributed by atoms with Gasteiger partial charge in [-0.1, -0.05) is 12.1 Å². The zero-order valence-corrected chi connectivity index (χ0v) is 17.1. The van der Waals surface area contributed by atoms with E-state index < -0.39 is 11.6 Å². The van der Waals surface area contributed by atoms with Crippen LogP contribution in [0.4, 0.5) is 14.5 Å². The molecule has 1 aliphatic heterocycles. The number of halogens is 2. The van der Waals surface area contributed by atoms with Crippen molar-refractivity contribution in [3.8, 4) is 11.5 Å². The van der Waals surface area contributed by atoms with Crippen molar-refractivity contribution in [2.75, 3.05) is 20.3 Å². The monoisotopic (exact) mass is 418 g/mol. The van der Waals surface area contributed by atoms with Crippen LogP contribution in [0.2, 0.25) is 0 Å². The summed E-state index contributed by atoms with van der Waals surface area (Å²) in [4.78, 5) is 18.9. The molecule has 1 aliphatic rings. The summed E-state index contributed by atoms with van der Waals surface area (Å²) in [7, 11) is 1.55. The second kappa shape index (κ2) is 9.09. The Labute approximate surface area is 172 Å². The Morgan fingerprint density at radius 3 is 2.66 bits per heavy atom. The number of benzene rings is 2. The molecule has 5 nitrogen and oxygen atoms in total. The topological polar surface area (TPSA) is 51.1 Å². The van der Waals surface area contributed by atoms with Gasteiger partial charge in [-0.15, -0.1) is 0 Å². The lowest BCUT2D eigenvalue weighted by Gasteiger charge is -2.13. The molecule has 0 aromatic heterocycles. The molecule has 0 N–H and O–H groups in total. The maximum Gasteiger partial charge on any atom is 0.266 e. The minimum atomic E-state index is -0.787. The van der Waals surface area contributed by atoms with Gasteiger partial charge in [0, 0.05) is 18.2 Å². The molecule has 2 aromatic carbocycles. The molecule has 1 amide bonds. The quantitative estimate of drug-likeness (QED) is 0.620. The summed E-state index contributed by atoms with van der Waals surface area (Å²) in [5, 5.41) is 0.329. The van der Waals surface area contributed by atoms with Crippen LogP contribution in [0.1, 0.15) is 19.4 Å². The van der Waals surface area contributed by atoms with Crippen LogP contribution in [0.5, 0.6) is 11.5 Å². The van der Waals surface area contributed by atoms with E-state index in [-0.39, 0.29) is 11.6 Å². The summed E-state index contributed by atoms with van der Waals surface area (Å²) in [6.45, 7) is 4.46. The second-order valence-electron chi connectivity index (χ2n) is 5.96. The first-order chi connectivity index (χ1) is 14.0. The highest BCUT2D eigenvalue weighted by Crippen LogP contribution is 2.38. The molecule has 3 rings (SSSR count). The number of aliphatic imine (C=N–C) groups is 1. The molecular weight excluding hydrogens is 398 g/mol. The summed E-state index contributed by atoms with van der Waals surface area (Å²) >= 11 is 1.12. The molecule has 1 fully saturated rings. The highest BCUT2D eigenvalue weighted by Gasteiger charge is 2.32. The Morgan fingerprint density at radius 2 is 2.00 bits per heavy atom. The average Bonchev–Trinajstić information content (AvgIpc) is 2.99. The fraction of sp³-hybridized carbons (Fsp3) is 0.238. The maximum atomic E-state index is 14.0. The minimum absolute atomic E-state index is 0.0298. The summed E-state index contributed by atoms with van der Waals surface area (Å²) < 4.78 is 38.2. The number of hydrogen-bond acceptors (Lipinski definition) is 5. The number of rotatable bonds is 6. The van der Waals surface area contributed by atoms with Crippen LogP contribution in [0.25, 0.3) is 6.08 Å². The number of ether oxygens (including phenoxy) is 2. The Kier molecular flexibility index (Phi) is 6.53. The molecule has 0 spiro atoms. The van der Waals surface area contributed by atoms with Gasteiger partial charge in [0.1, 0.15) is 11.5 Å². The largest absolute Gasteiger partial charge is 0.493 e. The van der Waals surface area contributed by atoms with Gasteiger partial charge >= 0.3 is 0 Å². The maximum absolute atomic E-state index is 14.0. The van der Waals surface area contributed by atoms with Crippen molar-refractivity contribution < 1.29 is 23.0 Å². The number of nitrogens with zero attached hydrogens (tertiary/aromatic N) is 2. The number of para-hydroxylation sites is 1. The van der Waals surface area contributed by atoms with Crippen LogP contribution in [0.3, 0.4) is 0 Å². The second-order valence-corrected chi connectivity index (χ2v) is 6.97. The van der Waals surface area contributed by atoms with Gasteiger partial charge in [-0.2, -0.15) is 0 Å². The zero-order chi connectivity index (χ0) is 21.0. The van der Waals surface area contributed by atoms with Gasteiger partial charge in [-0.3, -0.25) is 9.69 Å². The van der Waals surface area contributed by atoms with E-state index in [0.29, 0.717) is 40.3 Å².